The zero-order valence-electron chi connectivity index (χ0n) is 16.0. The summed E-state index contributed by atoms with van der Waals surface area (Å²) in [6, 6.07) is 7.93. The fraction of sp³-hybridized carbons (Fsp3) is 0.600. The Morgan fingerprint density at radius 2 is 2.27 bits per heavy atom. The Morgan fingerprint density at radius 1 is 1.42 bits per heavy atom. The van der Waals surface area contributed by atoms with E-state index >= 15 is 0 Å². The van der Waals surface area contributed by atoms with E-state index in [-0.39, 0.29) is 12.0 Å². The highest BCUT2D eigenvalue weighted by Crippen LogP contribution is 2.28. The van der Waals surface area contributed by atoms with Crippen LogP contribution < -0.4 is 10.6 Å². The van der Waals surface area contributed by atoms with Gasteiger partial charge >= 0.3 is 0 Å². The first kappa shape index (κ1) is 18.7. The monoisotopic (exact) mass is 358 g/mol. The van der Waals surface area contributed by atoms with Gasteiger partial charge in [0.05, 0.1) is 0 Å². The number of hydrogen-bond acceptors (Lipinski definition) is 3. The molecule has 0 aliphatic carbocycles. The number of guanidine groups is 1. The second kappa shape index (κ2) is 8.08. The molecule has 6 nitrogen and oxygen atoms in total. The highest BCUT2D eigenvalue weighted by molar-refractivity contribution is 5.94. The van der Waals surface area contributed by atoms with Gasteiger partial charge in [0.2, 0.25) is 0 Å². The number of aliphatic imine (C=N–C) groups is 1. The molecule has 142 valence electrons. The highest BCUT2D eigenvalue weighted by atomic mass is 16.5. The second-order valence-corrected chi connectivity index (χ2v) is 7.93. The standard InChI is InChI=1S/C20H30N4O2/c1-20(2)9-10-24(14-20)19(21-3)22-13-15-6-4-7-16(12-15)23-18(25)17-8-5-11-26-17/h4,6-7,12,17H,5,8-11,13-14H2,1-3H3,(H,21,22)(H,23,25). The van der Waals surface area contributed by atoms with Gasteiger partial charge in [-0.05, 0) is 42.4 Å². The van der Waals surface area contributed by atoms with Gasteiger partial charge in [-0.15, -0.1) is 0 Å². The van der Waals surface area contributed by atoms with Gasteiger partial charge in [-0.3, -0.25) is 9.79 Å². The number of nitrogens with zero attached hydrogens (tertiary/aromatic N) is 2. The maximum atomic E-state index is 12.2. The maximum Gasteiger partial charge on any atom is 0.253 e. The molecule has 1 unspecified atom stereocenters. The van der Waals surface area contributed by atoms with E-state index in [2.05, 4.69) is 40.4 Å². The number of likely N-dealkylation sites (tertiary alicyclic amines) is 1. The van der Waals surface area contributed by atoms with Crippen molar-refractivity contribution in [3.05, 3.63) is 29.8 Å². The van der Waals surface area contributed by atoms with Crippen molar-refractivity contribution in [2.45, 2.75) is 45.8 Å². The lowest BCUT2D eigenvalue weighted by Gasteiger charge is -2.23. The Hall–Kier alpha value is -2.08. The van der Waals surface area contributed by atoms with Gasteiger partial charge in [-0.1, -0.05) is 26.0 Å². The first-order valence-electron chi connectivity index (χ1n) is 9.44. The Kier molecular flexibility index (Phi) is 5.81. The van der Waals surface area contributed by atoms with Crippen molar-refractivity contribution in [1.82, 2.24) is 10.2 Å². The predicted octanol–water partition coefficient (Wildman–Crippen LogP) is 2.61. The number of amides is 1. The lowest BCUT2D eigenvalue weighted by Crippen LogP contribution is -2.40. The van der Waals surface area contributed by atoms with E-state index in [0.717, 1.165) is 43.1 Å². The Balaban J connectivity index is 1.55. The minimum absolute atomic E-state index is 0.0530. The molecule has 2 heterocycles. The molecule has 1 amide bonds. The summed E-state index contributed by atoms with van der Waals surface area (Å²) in [7, 11) is 1.83. The largest absolute Gasteiger partial charge is 0.368 e. The van der Waals surface area contributed by atoms with E-state index in [1.807, 2.05) is 25.2 Å². The second-order valence-electron chi connectivity index (χ2n) is 7.93. The topological polar surface area (TPSA) is 66.0 Å². The average Bonchev–Trinajstić information content (AvgIpc) is 3.26. The summed E-state index contributed by atoms with van der Waals surface area (Å²) in [4.78, 5) is 18.9. The van der Waals surface area contributed by atoms with Crippen LogP contribution in [0.3, 0.4) is 0 Å². The van der Waals surface area contributed by atoms with Crippen LogP contribution in [0.25, 0.3) is 0 Å². The predicted molar refractivity (Wildman–Crippen MR) is 104 cm³/mol. The van der Waals surface area contributed by atoms with E-state index in [4.69, 9.17) is 4.74 Å². The number of carbonyl (C=O) groups is 1. The first-order valence-corrected chi connectivity index (χ1v) is 9.44. The number of nitrogens with one attached hydrogen (secondary N) is 2. The lowest BCUT2D eigenvalue weighted by molar-refractivity contribution is -0.124. The minimum Gasteiger partial charge on any atom is -0.368 e. The van der Waals surface area contributed by atoms with E-state index in [9.17, 15) is 4.79 Å². The van der Waals surface area contributed by atoms with Crippen molar-refractivity contribution in [3.63, 3.8) is 0 Å². The molecular formula is C20H30N4O2. The molecule has 2 N–H and O–H groups in total. The van der Waals surface area contributed by atoms with Gasteiger partial charge in [0.25, 0.3) is 5.91 Å². The summed E-state index contributed by atoms with van der Waals surface area (Å²) in [5.41, 5.74) is 2.25. The average molecular weight is 358 g/mol. The summed E-state index contributed by atoms with van der Waals surface area (Å²) < 4.78 is 5.44. The van der Waals surface area contributed by atoms with Gasteiger partial charge < -0.3 is 20.3 Å². The molecule has 0 bridgehead atoms. The van der Waals surface area contributed by atoms with Crippen molar-refractivity contribution in [1.29, 1.82) is 0 Å². The van der Waals surface area contributed by atoms with Crippen molar-refractivity contribution < 1.29 is 9.53 Å². The van der Waals surface area contributed by atoms with E-state index in [1.54, 1.807) is 0 Å². The van der Waals surface area contributed by atoms with E-state index < -0.39 is 0 Å². The smallest absolute Gasteiger partial charge is 0.253 e. The molecule has 6 heteroatoms. The zero-order chi connectivity index (χ0) is 18.6. The fourth-order valence-corrected chi connectivity index (χ4v) is 3.57. The molecule has 2 aliphatic rings. The lowest BCUT2D eigenvalue weighted by atomic mass is 9.93. The van der Waals surface area contributed by atoms with Crippen molar-refractivity contribution in [2.24, 2.45) is 10.4 Å². The normalized spacial score (nSPS) is 22.5. The molecule has 0 radical (unpaired) electrons. The number of ether oxygens (including phenoxy) is 1. The van der Waals surface area contributed by atoms with Gasteiger partial charge in [-0.2, -0.15) is 0 Å². The molecule has 2 fully saturated rings. The van der Waals surface area contributed by atoms with Gasteiger partial charge in [0.1, 0.15) is 6.10 Å². The molecular weight excluding hydrogens is 328 g/mol. The molecule has 26 heavy (non-hydrogen) atoms. The van der Waals surface area contributed by atoms with E-state index in [0.29, 0.717) is 18.6 Å². The van der Waals surface area contributed by atoms with Crippen molar-refractivity contribution in [2.75, 3.05) is 32.1 Å². The molecule has 1 atom stereocenters. The molecule has 2 aliphatic heterocycles. The van der Waals surface area contributed by atoms with Crippen LogP contribution in [0.2, 0.25) is 0 Å². The molecule has 0 aromatic heterocycles. The Morgan fingerprint density at radius 3 is 2.92 bits per heavy atom. The van der Waals surface area contributed by atoms with Crippen LogP contribution in [0.1, 0.15) is 38.7 Å². The van der Waals surface area contributed by atoms with Crippen LogP contribution in [-0.2, 0) is 16.1 Å². The number of benzene rings is 1. The van der Waals surface area contributed by atoms with Crippen LogP contribution in [0.4, 0.5) is 5.69 Å². The Labute approximate surface area is 156 Å². The third-order valence-corrected chi connectivity index (χ3v) is 5.06. The number of carbonyl (C=O) groups excluding carboxylic acids is 1. The third-order valence-electron chi connectivity index (χ3n) is 5.06. The molecule has 1 aromatic carbocycles. The molecule has 0 saturated carbocycles. The van der Waals surface area contributed by atoms with Crippen molar-refractivity contribution in [3.8, 4) is 0 Å². The van der Waals surface area contributed by atoms with Gasteiger partial charge in [-0.25, -0.2) is 0 Å². The van der Waals surface area contributed by atoms with E-state index in [1.165, 1.54) is 6.42 Å². The quantitative estimate of drug-likeness (QED) is 0.641. The number of rotatable bonds is 4. The van der Waals surface area contributed by atoms with Crippen LogP contribution >= 0.6 is 0 Å². The van der Waals surface area contributed by atoms with Gasteiger partial charge in [0, 0.05) is 39.0 Å². The molecule has 3 rings (SSSR count). The SMILES string of the molecule is CN=C(NCc1cccc(NC(=O)C2CCCO2)c1)N1CCC(C)(C)C1. The third kappa shape index (κ3) is 4.75. The summed E-state index contributed by atoms with van der Waals surface area (Å²) in [6.07, 6.45) is 2.62. The van der Waals surface area contributed by atoms with Crippen molar-refractivity contribution >= 4 is 17.6 Å². The Bertz CT molecular complexity index is 666. The summed E-state index contributed by atoms with van der Waals surface area (Å²) in [6.45, 7) is 7.98. The molecule has 0 spiro atoms. The number of anilines is 1. The minimum atomic E-state index is -0.311. The molecule has 1 aromatic rings. The fourth-order valence-electron chi connectivity index (χ4n) is 3.57. The van der Waals surface area contributed by atoms with Crippen LogP contribution in [-0.4, -0.2) is 49.6 Å². The van der Waals surface area contributed by atoms with Crippen LogP contribution in [0.5, 0.6) is 0 Å². The summed E-state index contributed by atoms with van der Waals surface area (Å²) in [5.74, 6) is 0.882. The summed E-state index contributed by atoms with van der Waals surface area (Å²) in [5, 5.41) is 6.40. The molecule has 2 saturated heterocycles. The summed E-state index contributed by atoms with van der Waals surface area (Å²) >= 11 is 0. The van der Waals surface area contributed by atoms with Crippen LogP contribution in [0.15, 0.2) is 29.3 Å². The zero-order valence-corrected chi connectivity index (χ0v) is 16.0. The maximum absolute atomic E-state index is 12.2. The van der Waals surface area contributed by atoms with Crippen LogP contribution in [0, 0.1) is 5.41 Å². The highest BCUT2D eigenvalue weighted by Gasteiger charge is 2.30. The first-order chi connectivity index (χ1) is 12.5. The van der Waals surface area contributed by atoms with Gasteiger partial charge in [0.15, 0.2) is 5.96 Å². The number of hydrogen-bond donors (Lipinski definition) is 2.